The zero-order valence-electron chi connectivity index (χ0n) is 12.2. The number of ether oxygens (including phenoxy) is 1. The predicted octanol–water partition coefficient (Wildman–Crippen LogP) is 1.26. The molecular formula is C13H20N2O5S. The number of nitrogens with zero attached hydrogens (tertiary/aromatic N) is 1. The van der Waals surface area contributed by atoms with E-state index in [0.717, 1.165) is 6.20 Å². The van der Waals surface area contributed by atoms with Gasteiger partial charge in [0, 0.05) is 6.20 Å². The highest BCUT2D eigenvalue weighted by molar-refractivity contribution is 7.89. The Labute approximate surface area is 124 Å². The molecule has 0 spiro atoms. The Balaban J connectivity index is 3.07. The average molecular weight is 316 g/mol. The molecule has 0 saturated carbocycles. The summed E-state index contributed by atoms with van der Waals surface area (Å²) in [7, 11) is -4.02. The zero-order chi connectivity index (χ0) is 16.0. The van der Waals surface area contributed by atoms with Gasteiger partial charge in [0.2, 0.25) is 10.0 Å². The number of aromatic nitrogens is 1. The Bertz CT molecular complexity index is 586. The molecule has 0 aliphatic carbocycles. The Morgan fingerprint density at radius 2 is 2.14 bits per heavy atom. The quantitative estimate of drug-likeness (QED) is 0.748. The highest BCUT2D eigenvalue weighted by atomic mass is 32.2. The van der Waals surface area contributed by atoms with E-state index in [4.69, 9.17) is 9.84 Å². The van der Waals surface area contributed by atoms with Crippen LogP contribution in [0.3, 0.4) is 0 Å². The van der Waals surface area contributed by atoms with E-state index in [1.165, 1.54) is 12.3 Å². The van der Waals surface area contributed by atoms with Crippen molar-refractivity contribution < 1.29 is 23.1 Å². The van der Waals surface area contributed by atoms with Gasteiger partial charge in [-0.3, -0.25) is 9.78 Å². The smallest absolute Gasteiger partial charge is 0.321 e. The molecule has 1 heterocycles. The molecule has 0 saturated heterocycles. The first-order valence-corrected chi connectivity index (χ1v) is 8.08. The predicted molar refractivity (Wildman–Crippen MR) is 76.6 cm³/mol. The standard InChI is InChI=1S/C13H20N2O5S/c1-4-20-11-5-6-14-8-12(11)21(18,19)15-10(13(16)17)7-9(2)3/h5-6,8-10,15H,4,7H2,1-3H3,(H,16,17)/t10-/m0/s1. The van der Waals surface area contributed by atoms with Crippen LogP contribution in [-0.2, 0) is 14.8 Å². The number of carboxylic acid groups (broad SMARTS) is 1. The molecule has 0 amide bonds. The summed E-state index contributed by atoms with van der Waals surface area (Å²) in [5, 5.41) is 9.13. The summed E-state index contributed by atoms with van der Waals surface area (Å²) in [6.07, 6.45) is 2.74. The van der Waals surface area contributed by atoms with Crippen molar-refractivity contribution >= 4 is 16.0 Å². The van der Waals surface area contributed by atoms with Gasteiger partial charge < -0.3 is 9.84 Å². The van der Waals surface area contributed by atoms with Crippen LogP contribution < -0.4 is 9.46 Å². The van der Waals surface area contributed by atoms with Crippen LogP contribution in [0.15, 0.2) is 23.4 Å². The van der Waals surface area contributed by atoms with Gasteiger partial charge in [0.15, 0.2) is 0 Å². The van der Waals surface area contributed by atoms with Gasteiger partial charge in [-0.05, 0) is 25.3 Å². The molecule has 1 rings (SSSR count). The lowest BCUT2D eigenvalue weighted by atomic mass is 10.1. The van der Waals surface area contributed by atoms with Gasteiger partial charge in [0.25, 0.3) is 0 Å². The van der Waals surface area contributed by atoms with Gasteiger partial charge in [-0.1, -0.05) is 13.8 Å². The van der Waals surface area contributed by atoms with Gasteiger partial charge in [-0.2, -0.15) is 4.72 Å². The van der Waals surface area contributed by atoms with Crippen LogP contribution in [0.1, 0.15) is 27.2 Å². The molecule has 118 valence electrons. The molecule has 0 aliphatic rings. The number of sulfonamides is 1. The van der Waals surface area contributed by atoms with Crippen LogP contribution in [0.2, 0.25) is 0 Å². The number of pyridine rings is 1. The molecule has 1 atom stereocenters. The Kier molecular flexibility index (Phi) is 6.10. The summed E-state index contributed by atoms with van der Waals surface area (Å²) in [5.74, 6) is -1.03. The highest BCUT2D eigenvalue weighted by Gasteiger charge is 2.28. The fourth-order valence-electron chi connectivity index (χ4n) is 1.77. The minimum absolute atomic E-state index is 0.0362. The number of hydrogen-bond acceptors (Lipinski definition) is 5. The minimum Gasteiger partial charge on any atom is -0.492 e. The van der Waals surface area contributed by atoms with Crippen molar-refractivity contribution in [3.8, 4) is 5.75 Å². The first kappa shape index (κ1) is 17.4. The third-order valence-electron chi connectivity index (χ3n) is 2.64. The van der Waals surface area contributed by atoms with E-state index in [1.807, 2.05) is 13.8 Å². The summed E-state index contributed by atoms with van der Waals surface area (Å²) in [6.45, 7) is 5.66. The van der Waals surface area contributed by atoms with Crippen molar-refractivity contribution in [1.82, 2.24) is 9.71 Å². The van der Waals surface area contributed by atoms with Crippen LogP contribution in [-0.4, -0.2) is 37.1 Å². The van der Waals surface area contributed by atoms with Crippen LogP contribution in [0.5, 0.6) is 5.75 Å². The van der Waals surface area contributed by atoms with Crippen molar-refractivity contribution in [2.24, 2.45) is 5.92 Å². The highest BCUT2D eigenvalue weighted by Crippen LogP contribution is 2.22. The summed E-state index contributed by atoms with van der Waals surface area (Å²) < 4.78 is 32.1. The summed E-state index contributed by atoms with van der Waals surface area (Å²) in [6, 6.07) is 0.237. The molecule has 2 N–H and O–H groups in total. The SMILES string of the molecule is CCOc1ccncc1S(=O)(=O)N[C@@H](CC(C)C)C(=O)O. The first-order valence-electron chi connectivity index (χ1n) is 6.59. The first-order chi connectivity index (χ1) is 9.77. The van der Waals surface area contributed by atoms with Gasteiger partial charge in [-0.15, -0.1) is 0 Å². The molecule has 1 aromatic rings. The normalized spacial score (nSPS) is 13.1. The lowest BCUT2D eigenvalue weighted by Crippen LogP contribution is -2.41. The maximum atomic E-state index is 12.3. The molecule has 0 unspecified atom stereocenters. The van der Waals surface area contributed by atoms with E-state index in [2.05, 4.69) is 9.71 Å². The van der Waals surface area contributed by atoms with Crippen molar-refractivity contribution in [2.75, 3.05) is 6.61 Å². The van der Waals surface area contributed by atoms with Gasteiger partial charge >= 0.3 is 5.97 Å². The molecular weight excluding hydrogens is 296 g/mol. The van der Waals surface area contributed by atoms with Crippen LogP contribution >= 0.6 is 0 Å². The number of hydrogen-bond donors (Lipinski definition) is 2. The Hall–Kier alpha value is -1.67. The summed E-state index contributed by atoms with van der Waals surface area (Å²) in [4.78, 5) is 14.8. The number of aliphatic carboxylic acids is 1. The molecule has 0 bridgehead atoms. The zero-order valence-corrected chi connectivity index (χ0v) is 13.1. The maximum absolute atomic E-state index is 12.3. The molecule has 1 aromatic heterocycles. The minimum atomic E-state index is -4.02. The summed E-state index contributed by atoms with van der Waals surface area (Å²) in [5.41, 5.74) is 0. The Morgan fingerprint density at radius 3 is 2.67 bits per heavy atom. The molecule has 0 fully saturated rings. The fourth-order valence-corrected chi connectivity index (χ4v) is 3.06. The lowest BCUT2D eigenvalue weighted by Gasteiger charge is -2.17. The van der Waals surface area contributed by atoms with Crippen LogP contribution in [0.25, 0.3) is 0 Å². The topological polar surface area (TPSA) is 106 Å². The number of carboxylic acids is 1. The molecule has 21 heavy (non-hydrogen) atoms. The van der Waals surface area contributed by atoms with Crippen molar-refractivity contribution in [3.05, 3.63) is 18.5 Å². The van der Waals surface area contributed by atoms with Gasteiger partial charge in [0.05, 0.1) is 12.8 Å². The lowest BCUT2D eigenvalue weighted by molar-refractivity contribution is -0.139. The van der Waals surface area contributed by atoms with E-state index in [9.17, 15) is 13.2 Å². The monoisotopic (exact) mass is 316 g/mol. The fraction of sp³-hybridized carbons (Fsp3) is 0.538. The summed E-state index contributed by atoms with van der Waals surface area (Å²) >= 11 is 0. The Morgan fingerprint density at radius 1 is 1.48 bits per heavy atom. The molecule has 7 nitrogen and oxygen atoms in total. The average Bonchev–Trinajstić information content (AvgIpc) is 2.38. The second-order valence-corrected chi connectivity index (χ2v) is 6.58. The van der Waals surface area contributed by atoms with E-state index in [0.29, 0.717) is 6.61 Å². The molecule has 8 heteroatoms. The largest absolute Gasteiger partial charge is 0.492 e. The third kappa shape index (κ3) is 4.98. The molecule has 0 radical (unpaired) electrons. The molecule has 0 aromatic carbocycles. The number of rotatable bonds is 8. The second-order valence-electron chi connectivity index (χ2n) is 4.90. The van der Waals surface area contributed by atoms with E-state index in [-0.39, 0.29) is 23.0 Å². The van der Waals surface area contributed by atoms with Crippen molar-refractivity contribution in [1.29, 1.82) is 0 Å². The number of carbonyl (C=O) groups is 1. The van der Waals surface area contributed by atoms with Crippen molar-refractivity contribution in [2.45, 2.75) is 38.1 Å². The second kappa shape index (κ2) is 7.37. The van der Waals surface area contributed by atoms with Gasteiger partial charge in [-0.25, -0.2) is 8.42 Å². The molecule has 0 aliphatic heterocycles. The van der Waals surface area contributed by atoms with E-state index < -0.39 is 22.0 Å². The van der Waals surface area contributed by atoms with E-state index in [1.54, 1.807) is 6.92 Å². The van der Waals surface area contributed by atoms with Crippen LogP contribution in [0.4, 0.5) is 0 Å². The maximum Gasteiger partial charge on any atom is 0.321 e. The third-order valence-corrected chi connectivity index (χ3v) is 4.12. The van der Waals surface area contributed by atoms with Crippen LogP contribution in [0, 0.1) is 5.92 Å². The van der Waals surface area contributed by atoms with E-state index >= 15 is 0 Å². The number of nitrogens with one attached hydrogen (secondary N) is 1. The van der Waals surface area contributed by atoms with Crippen molar-refractivity contribution in [3.63, 3.8) is 0 Å². The van der Waals surface area contributed by atoms with Gasteiger partial charge in [0.1, 0.15) is 16.7 Å².